The van der Waals surface area contributed by atoms with Gasteiger partial charge in [-0.1, -0.05) is 43.3 Å². The molecule has 0 bridgehead atoms. The monoisotopic (exact) mass is 332 g/mol. The first-order chi connectivity index (χ1) is 10.9. The van der Waals surface area contributed by atoms with Gasteiger partial charge in [0, 0.05) is 16.9 Å². The van der Waals surface area contributed by atoms with Crippen molar-refractivity contribution in [2.75, 3.05) is 6.54 Å². The van der Waals surface area contributed by atoms with E-state index in [0.717, 1.165) is 16.7 Å². The van der Waals surface area contributed by atoms with Crippen molar-refractivity contribution >= 4 is 11.1 Å². The van der Waals surface area contributed by atoms with Gasteiger partial charge >= 0.3 is 0 Å². The highest BCUT2D eigenvalue weighted by atomic mass is 32.2. The minimum absolute atomic E-state index is 0.277. The molecule has 0 aliphatic heterocycles. The van der Waals surface area contributed by atoms with Gasteiger partial charge in [-0.15, -0.1) is 0 Å². The van der Waals surface area contributed by atoms with Gasteiger partial charge in [-0.2, -0.15) is 0 Å². The summed E-state index contributed by atoms with van der Waals surface area (Å²) in [6.45, 7) is 2.53. The van der Waals surface area contributed by atoms with Crippen molar-refractivity contribution in [2.24, 2.45) is 17.2 Å². The van der Waals surface area contributed by atoms with Crippen LogP contribution in [-0.2, 0) is 22.9 Å². The van der Waals surface area contributed by atoms with E-state index in [4.69, 9.17) is 17.2 Å². The maximum absolute atomic E-state index is 10.9. The molecule has 0 aliphatic carbocycles. The second-order valence-corrected chi connectivity index (χ2v) is 6.91. The lowest BCUT2D eigenvalue weighted by molar-refractivity contribution is 0.480. The average molecular weight is 332 g/mol. The van der Waals surface area contributed by atoms with E-state index in [-0.39, 0.29) is 10.3 Å². The third-order valence-electron chi connectivity index (χ3n) is 4.13. The van der Waals surface area contributed by atoms with E-state index in [1.54, 1.807) is 12.1 Å². The second kappa shape index (κ2) is 7.33. The molecule has 0 spiro atoms. The van der Waals surface area contributed by atoms with Crippen LogP contribution < -0.4 is 17.2 Å². The molecule has 6 heteroatoms. The highest BCUT2D eigenvalue weighted by Gasteiger charge is 2.26. The molecule has 0 aromatic heterocycles. The lowest BCUT2D eigenvalue weighted by atomic mass is 9.77. The Hall–Kier alpha value is -1.57. The average Bonchev–Trinajstić information content (AvgIpc) is 2.55. The molecular formula is C17H22N3O2S-. The fourth-order valence-corrected chi connectivity index (χ4v) is 2.94. The van der Waals surface area contributed by atoms with E-state index in [1.165, 1.54) is 0 Å². The van der Waals surface area contributed by atoms with Crippen LogP contribution in [0.2, 0.25) is 0 Å². The molecule has 0 aliphatic rings. The van der Waals surface area contributed by atoms with E-state index in [0.29, 0.717) is 13.0 Å². The molecule has 6 N–H and O–H groups in total. The fraction of sp³-hybridized carbons (Fsp3) is 0.294. The summed E-state index contributed by atoms with van der Waals surface area (Å²) in [6.07, 6.45) is 0.168. The Kier molecular flexibility index (Phi) is 5.67. The molecule has 0 amide bonds. The van der Waals surface area contributed by atoms with Gasteiger partial charge in [-0.05, 0) is 46.3 Å². The Morgan fingerprint density at radius 2 is 1.83 bits per heavy atom. The summed E-state index contributed by atoms with van der Waals surface area (Å²) in [5.74, 6) is 0. The van der Waals surface area contributed by atoms with Crippen LogP contribution in [0.1, 0.15) is 29.8 Å². The van der Waals surface area contributed by atoms with Gasteiger partial charge < -0.3 is 21.8 Å². The van der Waals surface area contributed by atoms with Crippen molar-refractivity contribution in [3.05, 3.63) is 65.2 Å². The van der Waals surface area contributed by atoms with Crippen molar-refractivity contribution in [1.29, 1.82) is 0 Å². The Bertz CT molecular complexity index is 688. The zero-order valence-electron chi connectivity index (χ0n) is 13.1. The Balaban J connectivity index is 2.29. The van der Waals surface area contributed by atoms with Crippen LogP contribution in [0.5, 0.6) is 0 Å². The summed E-state index contributed by atoms with van der Waals surface area (Å²) in [5, 5.41) is 0. The van der Waals surface area contributed by atoms with E-state index in [9.17, 15) is 8.76 Å². The van der Waals surface area contributed by atoms with Crippen LogP contribution >= 0.6 is 0 Å². The van der Waals surface area contributed by atoms with Crippen LogP contribution in [0, 0.1) is 0 Å². The summed E-state index contributed by atoms with van der Waals surface area (Å²) < 4.78 is 21.9. The van der Waals surface area contributed by atoms with Crippen LogP contribution in [0.25, 0.3) is 0 Å². The van der Waals surface area contributed by atoms with Crippen molar-refractivity contribution in [3.8, 4) is 0 Å². The lowest BCUT2D eigenvalue weighted by Crippen LogP contribution is -2.34. The summed E-state index contributed by atoms with van der Waals surface area (Å²) >= 11 is -2.21. The molecular weight excluding hydrogens is 310 g/mol. The van der Waals surface area contributed by atoms with E-state index < -0.39 is 17.2 Å². The van der Waals surface area contributed by atoms with Gasteiger partial charge in [0.05, 0.1) is 6.17 Å². The second-order valence-electron chi connectivity index (χ2n) is 5.97. The van der Waals surface area contributed by atoms with Gasteiger partial charge in [0.15, 0.2) is 0 Å². The minimum Gasteiger partial charge on any atom is -0.768 e. The molecule has 23 heavy (non-hydrogen) atoms. The first-order valence-corrected chi connectivity index (χ1v) is 8.43. The molecule has 124 valence electrons. The summed E-state index contributed by atoms with van der Waals surface area (Å²) in [7, 11) is 0. The van der Waals surface area contributed by atoms with Crippen LogP contribution in [0.4, 0.5) is 0 Å². The largest absolute Gasteiger partial charge is 0.768 e. The number of hydrogen-bond acceptors (Lipinski definition) is 5. The number of nitrogens with two attached hydrogens (primary N) is 3. The molecule has 2 atom stereocenters. The third kappa shape index (κ3) is 4.25. The molecule has 2 unspecified atom stereocenters. The van der Waals surface area contributed by atoms with Crippen molar-refractivity contribution in [1.82, 2.24) is 0 Å². The molecule has 5 nitrogen and oxygen atoms in total. The molecule has 0 saturated heterocycles. The van der Waals surface area contributed by atoms with E-state index >= 15 is 0 Å². The topological polar surface area (TPSA) is 118 Å². The number of hydrogen-bond donors (Lipinski definition) is 3. The highest BCUT2D eigenvalue weighted by molar-refractivity contribution is 7.79. The van der Waals surface area contributed by atoms with Crippen LogP contribution in [0.3, 0.4) is 0 Å². The first-order valence-electron chi connectivity index (χ1n) is 7.35. The predicted molar refractivity (Wildman–Crippen MR) is 91.3 cm³/mol. The standard InChI is InChI=1S/C17H23N3O2S/c1-17(11-18,14-4-2-3-13(9-14)16(19)20)10-12-5-7-15(8-6-12)23(21)22/h2-9,16H,10-11,18-20H2,1H3,(H,21,22)/p-1. The third-order valence-corrected chi connectivity index (χ3v) is 4.79. The van der Waals surface area contributed by atoms with Crippen molar-refractivity contribution in [3.63, 3.8) is 0 Å². The number of benzene rings is 2. The summed E-state index contributed by atoms with van der Waals surface area (Å²) in [5.41, 5.74) is 20.2. The molecule has 0 radical (unpaired) electrons. The van der Waals surface area contributed by atoms with E-state index in [1.807, 2.05) is 36.4 Å². The lowest BCUT2D eigenvalue weighted by Gasteiger charge is -2.30. The molecule has 0 heterocycles. The van der Waals surface area contributed by atoms with E-state index in [2.05, 4.69) is 6.92 Å². The molecule has 2 aromatic carbocycles. The molecule has 2 aromatic rings. The molecule has 2 rings (SSSR count). The van der Waals surface area contributed by atoms with Crippen molar-refractivity contribution in [2.45, 2.75) is 29.8 Å². The molecule has 0 fully saturated rings. The quantitative estimate of drug-likeness (QED) is 0.544. The summed E-state index contributed by atoms with van der Waals surface area (Å²) in [4.78, 5) is 0.277. The minimum atomic E-state index is -2.21. The maximum atomic E-state index is 10.9. The highest BCUT2D eigenvalue weighted by Crippen LogP contribution is 2.29. The van der Waals surface area contributed by atoms with Gasteiger partial charge in [0.25, 0.3) is 0 Å². The molecule has 0 saturated carbocycles. The summed E-state index contributed by atoms with van der Waals surface area (Å²) in [6, 6.07) is 14.6. The predicted octanol–water partition coefficient (Wildman–Crippen LogP) is 1.30. The van der Waals surface area contributed by atoms with Gasteiger partial charge in [0.1, 0.15) is 0 Å². The maximum Gasteiger partial charge on any atom is 0.0784 e. The normalized spacial score (nSPS) is 15.4. The Morgan fingerprint density at radius 1 is 1.17 bits per heavy atom. The van der Waals surface area contributed by atoms with Gasteiger partial charge in [-0.3, -0.25) is 4.21 Å². The fourth-order valence-electron chi connectivity index (χ4n) is 2.58. The van der Waals surface area contributed by atoms with Crippen molar-refractivity contribution < 1.29 is 8.76 Å². The Labute approximate surface area is 139 Å². The Morgan fingerprint density at radius 3 is 2.35 bits per heavy atom. The zero-order chi connectivity index (χ0) is 17.0. The van der Waals surface area contributed by atoms with Crippen LogP contribution in [-0.4, -0.2) is 15.3 Å². The van der Waals surface area contributed by atoms with Gasteiger partial charge in [0.2, 0.25) is 0 Å². The number of rotatable bonds is 6. The zero-order valence-corrected chi connectivity index (χ0v) is 13.9. The smallest absolute Gasteiger partial charge is 0.0784 e. The SMILES string of the molecule is CC(CN)(Cc1ccc(S(=O)[O-])cc1)c1cccc(C(N)N)c1. The van der Waals surface area contributed by atoms with Gasteiger partial charge in [-0.25, -0.2) is 0 Å². The first kappa shape index (κ1) is 17.8. The van der Waals surface area contributed by atoms with Crippen LogP contribution in [0.15, 0.2) is 53.4 Å².